The molecule has 5 nitrogen and oxygen atoms in total. The molecule has 1 aromatic heterocycles. The molecule has 1 aliphatic rings. The zero-order chi connectivity index (χ0) is 20.1. The Morgan fingerprint density at radius 2 is 1.72 bits per heavy atom. The maximum atomic E-state index is 12.5. The molecule has 0 aliphatic heterocycles. The van der Waals surface area contributed by atoms with Crippen LogP contribution in [0.3, 0.4) is 0 Å². The highest BCUT2D eigenvalue weighted by molar-refractivity contribution is 5.98. The van der Waals surface area contributed by atoms with E-state index in [4.69, 9.17) is 0 Å². The standard InChI is InChI=1S/C24H25N3O2/c28-23(21-10-9-18-3-1-2-4-20(18)15-21)11-12-24(29)25-16-17-5-7-19(8-6-17)22-13-14-26-27-22/h5-10,13-15H,1-4,11-12,16H2,(H,25,29)(H,26,27). The summed E-state index contributed by atoms with van der Waals surface area (Å²) in [6, 6.07) is 15.9. The van der Waals surface area contributed by atoms with E-state index in [1.165, 1.54) is 24.0 Å². The summed E-state index contributed by atoms with van der Waals surface area (Å²) < 4.78 is 0. The van der Waals surface area contributed by atoms with Crippen molar-refractivity contribution in [2.24, 2.45) is 0 Å². The number of carbonyl (C=O) groups is 2. The molecular formula is C24H25N3O2. The molecule has 0 radical (unpaired) electrons. The van der Waals surface area contributed by atoms with Crippen molar-refractivity contribution in [3.8, 4) is 11.3 Å². The van der Waals surface area contributed by atoms with E-state index in [1.54, 1.807) is 6.20 Å². The Morgan fingerprint density at radius 1 is 0.931 bits per heavy atom. The topological polar surface area (TPSA) is 74.8 Å². The van der Waals surface area contributed by atoms with E-state index in [0.717, 1.165) is 35.2 Å². The fourth-order valence-electron chi connectivity index (χ4n) is 3.79. The first-order valence-electron chi connectivity index (χ1n) is 10.2. The molecule has 5 heteroatoms. The van der Waals surface area contributed by atoms with Gasteiger partial charge in [-0.2, -0.15) is 5.10 Å². The molecule has 0 unspecified atom stereocenters. The third-order valence-electron chi connectivity index (χ3n) is 5.50. The highest BCUT2D eigenvalue weighted by atomic mass is 16.2. The Bertz CT molecular complexity index is 991. The van der Waals surface area contributed by atoms with E-state index in [1.807, 2.05) is 42.5 Å². The number of nitrogens with one attached hydrogen (secondary N) is 2. The summed E-state index contributed by atoms with van der Waals surface area (Å²) in [4.78, 5) is 24.6. The van der Waals surface area contributed by atoms with Crippen LogP contribution in [-0.4, -0.2) is 21.9 Å². The first kappa shape index (κ1) is 19.1. The molecular weight excluding hydrogens is 362 g/mol. The van der Waals surface area contributed by atoms with Gasteiger partial charge < -0.3 is 5.32 Å². The zero-order valence-electron chi connectivity index (χ0n) is 16.4. The quantitative estimate of drug-likeness (QED) is 0.596. The fraction of sp³-hybridized carbons (Fsp3) is 0.292. The number of aromatic nitrogens is 2. The van der Waals surface area contributed by atoms with Crippen molar-refractivity contribution in [2.45, 2.75) is 45.1 Å². The van der Waals surface area contributed by atoms with Crippen molar-refractivity contribution in [3.63, 3.8) is 0 Å². The summed E-state index contributed by atoms with van der Waals surface area (Å²) in [5.41, 5.74) is 6.42. The number of hydrogen-bond donors (Lipinski definition) is 2. The molecule has 0 fully saturated rings. The molecule has 2 aromatic carbocycles. The van der Waals surface area contributed by atoms with E-state index >= 15 is 0 Å². The second-order valence-corrected chi connectivity index (χ2v) is 7.56. The normalized spacial score (nSPS) is 13.0. The highest BCUT2D eigenvalue weighted by Crippen LogP contribution is 2.23. The highest BCUT2D eigenvalue weighted by Gasteiger charge is 2.14. The van der Waals surface area contributed by atoms with Crippen molar-refractivity contribution in [1.82, 2.24) is 15.5 Å². The van der Waals surface area contributed by atoms with Crippen LogP contribution < -0.4 is 5.32 Å². The van der Waals surface area contributed by atoms with Gasteiger partial charge in [0.25, 0.3) is 0 Å². The number of amides is 1. The van der Waals surface area contributed by atoms with Gasteiger partial charge in [0, 0.05) is 31.1 Å². The van der Waals surface area contributed by atoms with Gasteiger partial charge in [-0.05, 0) is 60.1 Å². The predicted molar refractivity (Wildman–Crippen MR) is 113 cm³/mol. The summed E-state index contributed by atoms with van der Waals surface area (Å²) in [6.45, 7) is 0.453. The number of nitrogens with zero attached hydrogens (tertiary/aromatic N) is 1. The Hall–Kier alpha value is -3.21. The summed E-state index contributed by atoms with van der Waals surface area (Å²) in [6.07, 6.45) is 6.74. The van der Waals surface area contributed by atoms with Gasteiger partial charge in [-0.15, -0.1) is 0 Å². The van der Waals surface area contributed by atoms with Crippen LogP contribution >= 0.6 is 0 Å². The smallest absolute Gasteiger partial charge is 0.220 e. The number of aromatic amines is 1. The second-order valence-electron chi connectivity index (χ2n) is 7.56. The van der Waals surface area contributed by atoms with Crippen molar-refractivity contribution in [3.05, 3.63) is 77.0 Å². The fourth-order valence-corrected chi connectivity index (χ4v) is 3.79. The maximum absolute atomic E-state index is 12.5. The lowest BCUT2D eigenvalue weighted by atomic mass is 9.89. The van der Waals surface area contributed by atoms with Crippen LogP contribution in [0.2, 0.25) is 0 Å². The molecule has 0 bridgehead atoms. The van der Waals surface area contributed by atoms with Crippen LogP contribution in [0, 0.1) is 0 Å². The van der Waals surface area contributed by atoms with Gasteiger partial charge in [0.1, 0.15) is 0 Å². The number of fused-ring (bicyclic) bond motifs is 1. The Balaban J connectivity index is 1.25. The average molecular weight is 387 g/mol. The SMILES string of the molecule is O=C(CCC(=O)c1ccc2c(c1)CCCC2)NCc1ccc(-c2ccn[nH]2)cc1. The molecule has 0 saturated carbocycles. The Kier molecular flexibility index (Phi) is 5.84. The van der Waals surface area contributed by atoms with Crippen LogP contribution in [-0.2, 0) is 24.2 Å². The van der Waals surface area contributed by atoms with Gasteiger partial charge in [0.05, 0.1) is 5.69 Å². The third kappa shape index (κ3) is 4.80. The molecule has 3 aromatic rings. The Labute approximate surface area is 170 Å². The first-order chi connectivity index (χ1) is 14.2. The van der Waals surface area contributed by atoms with Crippen LogP contribution in [0.1, 0.15) is 52.7 Å². The number of Topliss-reactive ketones (excluding diaryl/α,β-unsaturated/α-hetero) is 1. The van der Waals surface area contributed by atoms with E-state index < -0.39 is 0 Å². The summed E-state index contributed by atoms with van der Waals surface area (Å²) in [7, 11) is 0. The molecule has 1 amide bonds. The largest absolute Gasteiger partial charge is 0.352 e. The van der Waals surface area contributed by atoms with E-state index in [2.05, 4.69) is 21.6 Å². The number of aryl methyl sites for hydroxylation is 2. The number of carbonyl (C=O) groups excluding carboxylic acids is 2. The molecule has 0 atom stereocenters. The van der Waals surface area contributed by atoms with Crippen molar-refractivity contribution >= 4 is 11.7 Å². The van der Waals surface area contributed by atoms with E-state index in [0.29, 0.717) is 6.54 Å². The van der Waals surface area contributed by atoms with E-state index in [9.17, 15) is 9.59 Å². The predicted octanol–water partition coefficient (Wildman–Crippen LogP) is 4.23. The van der Waals surface area contributed by atoms with Crippen LogP contribution in [0.4, 0.5) is 0 Å². The molecule has 1 aliphatic carbocycles. The van der Waals surface area contributed by atoms with E-state index in [-0.39, 0.29) is 24.5 Å². The van der Waals surface area contributed by atoms with Gasteiger partial charge in [-0.3, -0.25) is 14.7 Å². The molecule has 148 valence electrons. The van der Waals surface area contributed by atoms with Crippen LogP contribution in [0.15, 0.2) is 54.7 Å². The number of rotatable bonds is 7. The lowest BCUT2D eigenvalue weighted by Crippen LogP contribution is -2.23. The Morgan fingerprint density at radius 3 is 2.48 bits per heavy atom. The van der Waals surface area contributed by atoms with Crippen molar-refractivity contribution < 1.29 is 9.59 Å². The van der Waals surface area contributed by atoms with Gasteiger partial charge in [0.15, 0.2) is 5.78 Å². The van der Waals surface area contributed by atoms with Gasteiger partial charge in [0.2, 0.25) is 5.91 Å². The molecule has 0 spiro atoms. The minimum atomic E-state index is -0.103. The lowest BCUT2D eigenvalue weighted by molar-refractivity contribution is -0.121. The molecule has 4 rings (SSSR count). The number of H-pyrrole nitrogens is 1. The number of benzene rings is 2. The van der Waals surface area contributed by atoms with Gasteiger partial charge in [-0.25, -0.2) is 0 Å². The van der Waals surface area contributed by atoms with Crippen LogP contribution in [0.5, 0.6) is 0 Å². The monoisotopic (exact) mass is 387 g/mol. The van der Waals surface area contributed by atoms with Crippen LogP contribution in [0.25, 0.3) is 11.3 Å². The first-order valence-corrected chi connectivity index (χ1v) is 10.2. The van der Waals surface area contributed by atoms with Crippen molar-refractivity contribution in [2.75, 3.05) is 0 Å². The molecule has 2 N–H and O–H groups in total. The minimum absolute atomic E-state index is 0.0393. The van der Waals surface area contributed by atoms with Crippen molar-refractivity contribution in [1.29, 1.82) is 0 Å². The number of hydrogen-bond acceptors (Lipinski definition) is 3. The summed E-state index contributed by atoms with van der Waals surface area (Å²) >= 11 is 0. The molecule has 0 saturated heterocycles. The molecule has 1 heterocycles. The zero-order valence-corrected chi connectivity index (χ0v) is 16.4. The minimum Gasteiger partial charge on any atom is -0.352 e. The number of ketones is 1. The second kappa shape index (κ2) is 8.86. The van der Waals surface area contributed by atoms with Gasteiger partial charge in [-0.1, -0.05) is 36.4 Å². The average Bonchev–Trinajstić information content (AvgIpc) is 3.31. The summed E-state index contributed by atoms with van der Waals surface area (Å²) in [5, 5.41) is 9.78. The maximum Gasteiger partial charge on any atom is 0.220 e. The lowest BCUT2D eigenvalue weighted by Gasteiger charge is -2.16. The third-order valence-corrected chi connectivity index (χ3v) is 5.50. The van der Waals surface area contributed by atoms with Gasteiger partial charge >= 0.3 is 0 Å². The molecule has 29 heavy (non-hydrogen) atoms. The summed E-state index contributed by atoms with van der Waals surface area (Å²) in [5.74, 6) is -0.0635.